The van der Waals surface area contributed by atoms with Gasteiger partial charge in [0.2, 0.25) is 0 Å². The van der Waals surface area contributed by atoms with Crippen molar-refractivity contribution in [1.82, 2.24) is 0 Å². The van der Waals surface area contributed by atoms with E-state index in [2.05, 4.69) is 0 Å². The number of benzene rings is 2. The Kier molecular flexibility index (Phi) is 4.42. The lowest BCUT2D eigenvalue weighted by Crippen LogP contribution is -1.92. The van der Waals surface area contributed by atoms with E-state index in [9.17, 15) is 15.2 Å². The summed E-state index contributed by atoms with van der Waals surface area (Å²) in [5, 5.41) is 20.8. The average Bonchev–Trinajstić information content (AvgIpc) is 2.41. The zero-order valence-corrected chi connectivity index (χ0v) is 11.3. The maximum Gasteiger partial charge on any atom is 0.283 e. The molecule has 0 saturated heterocycles. The molecule has 0 spiro atoms. The Balaban J connectivity index is 2.39. The minimum Gasteiger partial charge on any atom is -0.392 e. The van der Waals surface area contributed by atoms with E-state index in [0.29, 0.717) is 15.5 Å². The fraction of sp³-hybridized carbons (Fsp3) is 0.0769. The van der Waals surface area contributed by atoms with Crippen molar-refractivity contribution < 1.29 is 10.0 Å². The highest BCUT2D eigenvalue weighted by molar-refractivity contribution is 7.99. The first kappa shape index (κ1) is 13.9. The molecule has 0 aliphatic carbocycles. The van der Waals surface area contributed by atoms with Crippen molar-refractivity contribution in [2.75, 3.05) is 0 Å². The van der Waals surface area contributed by atoms with E-state index in [0.717, 1.165) is 4.90 Å². The molecule has 0 aliphatic rings. The van der Waals surface area contributed by atoms with Crippen LogP contribution in [-0.2, 0) is 6.61 Å². The number of hydrogen-bond donors (Lipinski definition) is 1. The van der Waals surface area contributed by atoms with Crippen molar-refractivity contribution >= 4 is 29.1 Å². The molecule has 4 nitrogen and oxygen atoms in total. The van der Waals surface area contributed by atoms with E-state index in [-0.39, 0.29) is 12.3 Å². The lowest BCUT2D eigenvalue weighted by molar-refractivity contribution is -0.387. The van der Waals surface area contributed by atoms with Crippen LogP contribution in [0.1, 0.15) is 5.56 Å². The van der Waals surface area contributed by atoms with Crippen LogP contribution < -0.4 is 0 Å². The number of halogens is 1. The molecule has 0 unspecified atom stereocenters. The van der Waals surface area contributed by atoms with Crippen molar-refractivity contribution in [3.8, 4) is 0 Å². The summed E-state index contributed by atoms with van der Waals surface area (Å²) < 4.78 is 0. The summed E-state index contributed by atoms with van der Waals surface area (Å²) in [4.78, 5) is 11.8. The summed E-state index contributed by atoms with van der Waals surface area (Å²) in [6.45, 7) is -0.163. The highest BCUT2D eigenvalue weighted by atomic mass is 35.5. The van der Waals surface area contributed by atoms with E-state index in [1.54, 1.807) is 36.4 Å². The number of aliphatic hydroxyl groups is 1. The Hall–Kier alpha value is -1.56. The molecule has 1 N–H and O–H groups in total. The van der Waals surface area contributed by atoms with Gasteiger partial charge < -0.3 is 5.11 Å². The molecule has 0 bridgehead atoms. The van der Waals surface area contributed by atoms with Gasteiger partial charge in [-0.25, -0.2) is 0 Å². The standard InChI is InChI=1S/C13H10ClNO3S/c14-10-5-6-12(9(7-10)8-16)19-13-4-2-1-3-11(13)15(17)18/h1-7,16H,8H2. The van der Waals surface area contributed by atoms with Crippen LogP contribution in [0.5, 0.6) is 0 Å². The molecule has 2 rings (SSSR count). The van der Waals surface area contributed by atoms with E-state index >= 15 is 0 Å². The van der Waals surface area contributed by atoms with Gasteiger partial charge >= 0.3 is 0 Å². The lowest BCUT2D eigenvalue weighted by Gasteiger charge is -2.07. The number of aliphatic hydroxyl groups excluding tert-OH is 1. The van der Waals surface area contributed by atoms with Crippen LogP contribution in [0.3, 0.4) is 0 Å². The molecule has 0 fully saturated rings. The summed E-state index contributed by atoms with van der Waals surface area (Å²) in [5.74, 6) is 0. The second kappa shape index (κ2) is 6.06. The van der Waals surface area contributed by atoms with Crippen LogP contribution in [0.2, 0.25) is 5.02 Å². The number of nitro benzene ring substituents is 1. The predicted molar refractivity (Wildman–Crippen MR) is 74.6 cm³/mol. The summed E-state index contributed by atoms with van der Waals surface area (Å²) in [6, 6.07) is 11.6. The van der Waals surface area contributed by atoms with Gasteiger partial charge in [-0.1, -0.05) is 35.5 Å². The Morgan fingerprint density at radius 3 is 2.63 bits per heavy atom. The molecule has 2 aromatic rings. The first-order chi connectivity index (χ1) is 9.11. The second-order valence-corrected chi connectivity index (χ2v) is 5.26. The lowest BCUT2D eigenvalue weighted by atomic mass is 10.2. The van der Waals surface area contributed by atoms with E-state index in [1.807, 2.05) is 0 Å². The zero-order chi connectivity index (χ0) is 13.8. The first-order valence-corrected chi connectivity index (χ1v) is 6.62. The van der Waals surface area contributed by atoms with Gasteiger partial charge in [-0.2, -0.15) is 0 Å². The van der Waals surface area contributed by atoms with Gasteiger partial charge in [0.25, 0.3) is 5.69 Å². The predicted octanol–water partition coefficient (Wildman–Crippen LogP) is 3.89. The minimum atomic E-state index is -0.420. The smallest absolute Gasteiger partial charge is 0.283 e. The highest BCUT2D eigenvalue weighted by Crippen LogP contribution is 2.37. The molecule has 0 amide bonds. The van der Waals surface area contributed by atoms with E-state index < -0.39 is 4.92 Å². The van der Waals surface area contributed by atoms with Crippen LogP contribution >= 0.6 is 23.4 Å². The van der Waals surface area contributed by atoms with Gasteiger partial charge in [0.05, 0.1) is 16.4 Å². The molecular formula is C13H10ClNO3S. The molecule has 0 saturated carbocycles. The molecule has 0 radical (unpaired) electrons. The molecular weight excluding hydrogens is 286 g/mol. The van der Waals surface area contributed by atoms with Crippen LogP contribution in [-0.4, -0.2) is 10.0 Å². The van der Waals surface area contributed by atoms with Crippen LogP contribution in [0, 0.1) is 10.1 Å². The summed E-state index contributed by atoms with van der Waals surface area (Å²) >= 11 is 7.09. The van der Waals surface area contributed by atoms with Gasteiger partial charge in [-0.05, 0) is 29.8 Å². The van der Waals surface area contributed by atoms with E-state index in [4.69, 9.17) is 11.6 Å². The fourth-order valence-electron chi connectivity index (χ4n) is 1.58. The van der Waals surface area contributed by atoms with Crippen molar-refractivity contribution in [2.45, 2.75) is 16.4 Å². The van der Waals surface area contributed by atoms with Crippen molar-refractivity contribution in [3.05, 3.63) is 63.2 Å². The maximum absolute atomic E-state index is 10.9. The quantitative estimate of drug-likeness (QED) is 0.686. The van der Waals surface area contributed by atoms with Gasteiger partial charge in [-0.15, -0.1) is 0 Å². The summed E-state index contributed by atoms with van der Waals surface area (Å²) in [6.07, 6.45) is 0. The maximum atomic E-state index is 10.9. The Labute approximate surface area is 119 Å². The Bertz CT molecular complexity index is 619. The van der Waals surface area contributed by atoms with Crippen LogP contribution in [0.15, 0.2) is 52.3 Å². The number of nitrogens with zero attached hydrogens (tertiary/aromatic N) is 1. The number of hydrogen-bond acceptors (Lipinski definition) is 4. The van der Waals surface area contributed by atoms with Gasteiger partial charge in [0, 0.05) is 16.0 Å². The summed E-state index contributed by atoms with van der Waals surface area (Å²) in [7, 11) is 0. The number of rotatable bonds is 4. The molecule has 0 aliphatic heterocycles. The van der Waals surface area contributed by atoms with Crippen molar-refractivity contribution in [1.29, 1.82) is 0 Å². The normalized spacial score (nSPS) is 10.4. The van der Waals surface area contributed by atoms with Gasteiger partial charge in [0.15, 0.2) is 0 Å². The largest absolute Gasteiger partial charge is 0.392 e. The van der Waals surface area contributed by atoms with Crippen molar-refractivity contribution in [3.63, 3.8) is 0 Å². The SMILES string of the molecule is O=[N+]([O-])c1ccccc1Sc1ccc(Cl)cc1CO. The monoisotopic (exact) mass is 295 g/mol. The molecule has 0 atom stereocenters. The Morgan fingerprint density at radius 1 is 1.21 bits per heavy atom. The third kappa shape index (κ3) is 3.26. The van der Waals surface area contributed by atoms with Crippen molar-refractivity contribution in [2.24, 2.45) is 0 Å². The number of para-hydroxylation sites is 1. The number of nitro groups is 1. The fourth-order valence-corrected chi connectivity index (χ4v) is 2.80. The molecule has 6 heteroatoms. The molecule has 98 valence electrons. The van der Waals surface area contributed by atoms with E-state index in [1.165, 1.54) is 17.8 Å². The molecule has 0 heterocycles. The molecule has 0 aromatic heterocycles. The van der Waals surface area contributed by atoms with Crippen LogP contribution in [0.4, 0.5) is 5.69 Å². The zero-order valence-electron chi connectivity index (χ0n) is 9.75. The summed E-state index contributed by atoms with van der Waals surface area (Å²) in [5.41, 5.74) is 0.696. The highest BCUT2D eigenvalue weighted by Gasteiger charge is 2.15. The molecule has 2 aromatic carbocycles. The third-order valence-corrected chi connectivity index (χ3v) is 3.89. The van der Waals surface area contributed by atoms with Gasteiger partial charge in [0.1, 0.15) is 0 Å². The Morgan fingerprint density at radius 2 is 1.95 bits per heavy atom. The topological polar surface area (TPSA) is 63.4 Å². The minimum absolute atomic E-state index is 0.0475. The third-order valence-electron chi connectivity index (χ3n) is 2.47. The second-order valence-electron chi connectivity index (χ2n) is 3.74. The average molecular weight is 296 g/mol. The van der Waals surface area contributed by atoms with Gasteiger partial charge in [-0.3, -0.25) is 10.1 Å². The van der Waals surface area contributed by atoms with Crippen LogP contribution in [0.25, 0.3) is 0 Å². The molecule has 19 heavy (non-hydrogen) atoms. The first-order valence-electron chi connectivity index (χ1n) is 5.42.